The summed E-state index contributed by atoms with van der Waals surface area (Å²) in [6.45, 7) is 6.21. The molecule has 28 heavy (non-hydrogen) atoms. The van der Waals surface area contributed by atoms with Crippen LogP contribution in [0.2, 0.25) is 0 Å². The quantitative estimate of drug-likeness (QED) is 0.483. The van der Waals surface area contributed by atoms with Crippen molar-refractivity contribution in [3.63, 3.8) is 0 Å². The van der Waals surface area contributed by atoms with Crippen molar-refractivity contribution in [1.29, 1.82) is 0 Å². The number of carbonyl (C=O) groups excluding carboxylic acids is 1. The monoisotopic (exact) mass is 382 g/mol. The lowest BCUT2D eigenvalue weighted by Gasteiger charge is -2.43. The minimum atomic E-state index is -2.62. The van der Waals surface area contributed by atoms with Gasteiger partial charge in [0.05, 0.1) is 5.92 Å². The predicted molar refractivity (Wildman–Crippen MR) is 106 cm³/mol. The van der Waals surface area contributed by atoms with Gasteiger partial charge < -0.3 is 20.4 Å². The number of hydrogen-bond acceptors (Lipinski definition) is 5. The molecule has 2 aromatic carbocycles. The molecular weight excluding hydrogens is 356 g/mol. The topological polar surface area (TPSA) is 98.0 Å². The summed E-state index contributed by atoms with van der Waals surface area (Å²) >= 11 is 0. The minimum absolute atomic E-state index is 0.121. The minimum Gasteiger partial charge on any atom is -0.507 e. The average Bonchev–Trinajstić information content (AvgIpc) is 2.64. The van der Waals surface area contributed by atoms with E-state index in [4.69, 9.17) is 0 Å². The van der Waals surface area contributed by atoms with Gasteiger partial charge in [0.25, 0.3) is 0 Å². The molecule has 0 radical (unpaired) electrons. The number of phenolic OH excluding ortho intramolecular Hbond substituents is 1. The van der Waals surface area contributed by atoms with Gasteiger partial charge in [0.15, 0.2) is 11.4 Å². The van der Waals surface area contributed by atoms with Crippen LogP contribution in [0.15, 0.2) is 54.1 Å². The second kappa shape index (κ2) is 6.85. The Morgan fingerprint density at radius 1 is 0.929 bits per heavy atom. The van der Waals surface area contributed by atoms with Crippen LogP contribution in [0.25, 0.3) is 0 Å². The van der Waals surface area contributed by atoms with E-state index in [9.17, 15) is 25.2 Å². The first-order valence-electron chi connectivity index (χ1n) is 9.24. The van der Waals surface area contributed by atoms with Crippen LogP contribution in [0.5, 0.6) is 5.75 Å². The van der Waals surface area contributed by atoms with Gasteiger partial charge in [0, 0.05) is 5.92 Å². The molecule has 3 unspecified atom stereocenters. The van der Waals surface area contributed by atoms with Gasteiger partial charge in [0.2, 0.25) is 5.79 Å². The van der Waals surface area contributed by atoms with Gasteiger partial charge in [-0.3, -0.25) is 4.79 Å². The normalized spacial score (nSPS) is 25.3. The fourth-order valence-electron chi connectivity index (χ4n) is 4.03. The van der Waals surface area contributed by atoms with E-state index in [1.807, 2.05) is 42.5 Å². The number of allylic oxidation sites excluding steroid dienone is 1. The third-order valence-electron chi connectivity index (χ3n) is 5.83. The number of rotatable bonds is 3. The Morgan fingerprint density at radius 2 is 1.46 bits per heavy atom. The van der Waals surface area contributed by atoms with Crippen molar-refractivity contribution in [2.75, 3.05) is 0 Å². The van der Waals surface area contributed by atoms with Crippen molar-refractivity contribution in [2.24, 2.45) is 5.92 Å². The van der Waals surface area contributed by atoms with Gasteiger partial charge in [-0.25, -0.2) is 0 Å². The van der Waals surface area contributed by atoms with Gasteiger partial charge in [-0.15, -0.1) is 0 Å². The molecule has 0 spiro atoms. The van der Waals surface area contributed by atoms with Crippen LogP contribution in [0, 0.1) is 19.8 Å². The van der Waals surface area contributed by atoms with E-state index < -0.39 is 29.0 Å². The zero-order valence-electron chi connectivity index (χ0n) is 16.5. The van der Waals surface area contributed by atoms with Crippen molar-refractivity contribution in [2.45, 2.75) is 45.0 Å². The van der Waals surface area contributed by atoms with Gasteiger partial charge in [-0.05, 0) is 55.5 Å². The van der Waals surface area contributed by atoms with E-state index in [1.165, 1.54) is 13.0 Å². The van der Waals surface area contributed by atoms with Gasteiger partial charge in [0.1, 0.15) is 5.75 Å². The second-order valence-electron chi connectivity index (χ2n) is 7.88. The molecule has 2 aromatic rings. The summed E-state index contributed by atoms with van der Waals surface area (Å²) in [5.41, 5.74) is 0.810. The summed E-state index contributed by atoms with van der Waals surface area (Å²) in [7, 11) is 0. The molecule has 5 nitrogen and oxygen atoms in total. The Hall–Kier alpha value is -2.47. The SMILES string of the molecule is CC1=CC(C(c2ccccc2)c2cc(C)c(O)c(C)c2)C(=O)C(C)(O)C1(O)O. The van der Waals surface area contributed by atoms with Crippen molar-refractivity contribution < 1.29 is 25.2 Å². The predicted octanol–water partition coefficient (Wildman–Crippen LogP) is 2.72. The molecular formula is C23H26O5. The van der Waals surface area contributed by atoms with Crippen LogP contribution in [0.3, 0.4) is 0 Å². The number of phenols is 1. The maximum Gasteiger partial charge on any atom is 0.222 e. The Labute approximate surface area is 164 Å². The van der Waals surface area contributed by atoms with Gasteiger partial charge in [-0.2, -0.15) is 0 Å². The lowest BCUT2D eigenvalue weighted by molar-refractivity contribution is -0.241. The zero-order chi connectivity index (χ0) is 20.9. The van der Waals surface area contributed by atoms with Crippen LogP contribution in [0.1, 0.15) is 42.0 Å². The van der Waals surface area contributed by atoms with Crippen LogP contribution < -0.4 is 0 Å². The number of aromatic hydroxyl groups is 1. The Balaban J connectivity index is 2.25. The van der Waals surface area contributed by atoms with Crippen molar-refractivity contribution >= 4 is 5.78 Å². The summed E-state index contributed by atoms with van der Waals surface area (Å²) in [6, 6.07) is 13.1. The Morgan fingerprint density at radius 3 is 2.00 bits per heavy atom. The van der Waals surface area contributed by atoms with Crippen LogP contribution in [-0.2, 0) is 4.79 Å². The van der Waals surface area contributed by atoms with Crippen LogP contribution in [-0.4, -0.2) is 37.6 Å². The first kappa shape index (κ1) is 20.3. The molecule has 3 atom stereocenters. The first-order chi connectivity index (χ1) is 13.0. The van der Waals surface area contributed by atoms with E-state index in [0.717, 1.165) is 18.1 Å². The lowest BCUT2D eigenvalue weighted by Crippen LogP contribution is -2.62. The number of hydrogen-bond donors (Lipinski definition) is 4. The second-order valence-corrected chi connectivity index (χ2v) is 7.88. The Kier molecular flexibility index (Phi) is 4.96. The number of benzene rings is 2. The number of carbonyl (C=O) groups is 1. The highest BCUT2D eigenvalue weighted by molar-refractivity contribution is 5.94. The number of aliphatic hydroxyl groups is 3. The molecule has 0 fully saturated rings. The molecule has 3 rings (SSSR count). The van der Waals surface area contributed by atoms with Gasteiger partial charge in [-0.1, -0.05) is 48.5 Å². The van der Waals surface area contributed by atoms with E-state index >= 15 is 0 Å². The lowest BCUT2D eigenvalue weighted by atomic mass is 9.67. The van der Waals surface area contributed by atoms with Crippen LogP contribution >= 0.6 is 0 Å². The fourth-order valence-corrected chi connectivity index (χ4v) is 4.03. The maximum atomic E-state index is 13.2. The largest absolute Gasteiger partial charge is 0.507 e. The molecule has 0 saturated carbocycles. The van der Waals surface area contributed by atoms with Crippen molar-refractivity contribution in [1.82, 2.24) is 0 Å². The van der Waals surface area contributed by atoms with Crippen LogP contribution in [0.4, 0.5) is 0 Å². The molecule has 0 heterocycles. The molecule has 0 aliphatic heterocycles. The first-order valence-corrected chi connectivity index (χ1v) is 9.24. The maximum absolute atomic E-state index is 13.2. The smallest absolute Gasteiger partial charge is 0.222 e. The third kappa shape index (κ3) is 3.05. The van der Waals surface area contributed by atoms with E-state index in [-0.39, 0.29) is 11.3 Å². The zero-order valence-corrected chi connectivity index (χ0v) is 16.5. The molecule has 0 aromatic heterocycles. The van der Waals surface area contributed by atoms with E-state index in [0.29, 0.717) is 11.1 Å². The number of ketones is 1. The molecule has 0 bridgehead atoms. The summed E-state index contributed by atoms with van der Waals surface area (Å²) in [5.74, 6) is -4.34. The summed E-state index contributed by atoms with van der Waals surface area (Å²) < 4.78 is 0. The molecule has 1 aliphatic rings. The number of Topliss-reactive ketones (excluding diaryl/α,β-unsaturated/α-hetero) is 1. The highest BCUT2D eigenvalue weighted by Gasteiger charge is 2.57. The van der Waals surface area contributed by atoms with Crippen molar-refractivity contribution in [3.8, 4) is 5.75 Å². The summed E-state index contributed by atoms with van der Waals surface area (Å²) in [4.78, 5) is 13.2. The average molecular weight is 382 g/mol. The summed E-state index contributed by atoms with van der Waals surface area (Å²) in [5, 5.41) is 41.4. The molecule has 0 saturated heterocycles. The standard InChI is InChI=1S/C23H26O5/c1-13-10-17(11-14(2)20(13)24)19(16-8-6-5-7-9-16)18-12-15(3)23(27,28)22(4,26)21(18)25/h5-12,18-19,24,26-28H,1-4H3. The van der Waals surface area contributed by atoms with Gasteiger partial charge >= 0.3 is 0 Å². The Bertz CT molecular complexity index is 918. The van der Waals surface area contributed by atoms with E-state index in [2.05, 4.69) is 0 Å². The van der Waals surface area contributed by atoms with E-state index in [1.54, 1.807) is 13.8 Å². The molecule has 0 amide bonds. The molecule has 4 N–H and O–H groups in total. The highest BCUT2D eigenvalue weighted by Crippen LogP contribution is 2.44. The fraction of sp³-hybridized carbons (Fsp3) is 0.348. The highest BCUT2D eigenvalue weighted by atomic mass is 16.5. The third-order valence-corrected chi connectivity index (χ3v) is 5.83. The number of aryl methyl sites for hydroxylation is 2. The summed E-state index contributed by atoms with van der Waals surface area (Å²) in [6.07, 6.45) is 1.52. The molecule has 1 aliphatic carbocycles. The molecule has 5 heteroatoms. The van der Waals surface area contributed by atoms with Crippen molar-refractivity contribution in [3.05, 3.63) is 76.4 Å². The molecule has 148 valence electrons.